The Morgan fingerprint density at radius 1 is 1.05 bits per heavy atom. The lowest BCUT2D eigenvalue weighted by Gasteiger charge is -2.40. The number of aromatic nitrogens is 4. The minimum absolute atomic E-state index is 0.0766. The zero-order chi connectivity index (χ0) is 30.2. The summed E-state index contributed by atoms with van der Waals surface area (Å²) in [7, 11) is -9.07. The second kappa shape index (κ2) is 9.69. The molecule has 0 spiro atoms. The lowest BCUT2D eigenvalue weighted by Crippen LogP contribution is -2.26. The van der Waals surface area contributed by atoms with E-state index in [0.717, 1.165) is 22.4 Å². The van der Waals surface area contributed by atoms with E-state index < -0.39 is 50.9 Å². The third-order valence-electron chi connectivity index (χ3n) is 4.97. The molecule has 2 heterocycles. The molecular weight excluding hydrogens is 574 g/mol. The maximum Gasteiger partial charge on any atom is 0.490 e. The van der Waals surface area contributed by atoms with E-state index in [1.54, 1.807) is 20.8 Å². The molecule has 0 bridgehead atoms. The van der Waals surface area contributed by atoms with Crippen LogP contribution in [0.5, 0.6) is 11.6 Å². The van der Waals surface area contributed by atoms with Crippen molar-refractivity contribution in [3.05, 3.63) is 40.5 Å². The SMILES string of the molecule is CCOc1nn2c(=N)n(CC(=O)c3cc(OC)cc(S(F)(F)(F)(F)F)c3)nc2c(C)c1C.O=C(O)C(F)(F)F. The highest BCUT2D eigenvalue weighted by atomic mass is 32.5. The number of nitrogens with zero attached hydrogens (tertiary/aromatic N) is 4. The van der Waals surface area contributed by atoms with Crippen LogP contribution >= 0.6 is 10.2 Å². The molecule has 0 fully saturated rings. The number of Topliss-reactive ketones (excluding diaryl/α,β-unsaturated/α-hetero) is 1. The minimum atomic E-state index is -10.1. The monoisotopic (exact) mass is 595 g/mol. The number of hydrogen-bond donors (Lipinski definition) is 2. The zero-order valence-corrected chi connectivity index (χ0v) is 21.3. The lowest BCUT2D eigenvalue weighted by atomic mass is 10.1. The molecule has 0 aliphatic carbocycles. The highest BCUT2D eigenvalue weighted by Crippen LogP contribution is 3.02. The quantitative estimate of drug-likeness (QED) is 0.283. The third kappa shape index (κ3) is 7.36. The number of carbonyl (C=O) groups is 2. The average Bonchev–Trinajstić information content (AvgIpc) is 3.10. The first kappa shape index (κ1) is 31.3. The van der Waals surface area contributed by atoms with Crippen LogP contribution in [0.3, 0.4) is 0 Å². The fourth-order valence-electron chi connectivity index (χ4n) is 2.92. The Balaban J connectivity index is 0.000000673. The van der Waals surface area contributed by atoms with Crippen LogP contribution in [0.15, 0.2) is 23.1 Å². The number of carbonyl (C=O) groups excluding carboxylic acids is 1. The molecule has 3 aromatic rings. The van der Waals surface area contributed by atoms with E-state index in [1.165, 1.54) is 0 Å². The number of carboxylic acid groups (broad SMARTS) is 1. The fourth-order valence-corrected chi connectivity index (χ4v) is 3.61. The Morgan fingerprint density at radius 3 is 2.08 bits per heavy atom. The number of aryl methyl sites for hydroxylation is 1. The van der Waals surface area contributed by atoms with Crippen LogP contribution in [0, 0.1) is 19.3 Å². The van der Waals surface area contributed by atoms with Gasteiger partial charge in [-0.05, 0) is 32.9 Å². The van der Waals surface area contributed by atoms with Gasteiger partial charge in [0, 0.05) is 22.8 Å². The summed E-state index contributed by atoms with van der Waals surface area (Å²) in [5.74, 6) is -4.03. The van der Waals surface area contributed by atoms with Crippen molar-refractivity contribution in [3.63, 3.8) is 0 Å². The number of ether oxygens (including phenoxy) is 2. The number of carboxylic acids is 1. The summed E-state index contributed by atoms with van der Waals surface area (Å²) in [5.41, 5.74) is 0.506. The zero-order valence-electron chi connectivity index (χ0n) is 20.4. The highest BCUT2D eigenvalue weighted by molar-refractivity contribution is 8.45. The molecule has 39 heavy (non-hydrogen) atoms. The number of rotatable bonds is 7. The molecule has 218 valence electrons. The van der Waals surface area contributed by atoms with Gasteiger partial charge in [0.2, 0.25) is 11.5 Å². The summed E-state index contributed by atoms with van der Waals surface area (Å²) in [4.78, 5) is 19.3. The van der Waals surface area contributed by atoms with Crippen molar-refractivity contribution >= 4 is 27.6 Å². The van der Waals surface area contributed by atoms with Gasteiger partial charge in [-0.25, -0.2) is 9.48 Å². The van der Waals surface area contributed by atoms with Crippen molar-refractivity contribution in [2.45, 2.75) is 38.4 Å². The largest absolute Gasteiger partial charge is 0.497 e. The molecule has 0 saturated carbocycles. The summed E-state index contributed by atoms with van der Waals surface area (Å²) in [6.07, 6.45) is -5.08. The second-order valence-corrected chi connectivity index (χ2v) is 10.2. The maximum absolute atomic E-state index is 13.3. The number of hydrogen-bond acceptors (Lipinski definition) is 7. The van der Waals surface area contributed by atoms with Gasteiger partial charge in [-0.15, -0.1) is 10.2 Å². The second-order valence-electron chi connectivity index (χ2n) is 7.80. The number of benzene rings is 1. The molecule has 0 radical (unpaired) electrons. The van der Waals surface area contributed by atoms with Gasteiger partial charge in [0.05, 0.1) is 13.7 Å². The van der Waals surface area contributed by atoms with Crippen LogP contribution in [0.25, 0.3) is 5.65 Å². The van der Waals surface area contributed by atoms with Crippen molar-refractivity contribution in [1.82, 2.24) is 19.4 Å². The summed E-state index contributed by atoms with van der Waals surface area (Å²) >= 11 is 0. The molecule has 2 N–H and O–H groups in total. The van der Waals surface area contributed by atoms with Crippen LogP contribution in [0.4, 0.5) is 32.6 Å². The van der Waals surface area contributed by atoms with Crippen molar-refractivity contribution in [3.8, 4) is 11.6 Å². The fraction of sp³-hybridized carbons (Fsp3) is 0.350. The van der Waals surface area contributed by atoms with Crippen LogP contribution in [0.2, 0.25) is 0 Å². The molecule has 19 heteroatoms. The van der Waals surface area contributed by atoms with Gasteiger partial charge in [0.25, 0.3) is 0 Å². The van der Waals surface area contributed by atoms with Gasteiger partial charge in [-0.2, -0.15) is 17.7 Å². The number of aliphatic carboxylic acids is 1. The molecule has 1 aromatic carbocycles. The molecule has 0 unspecified atom stereocenters. The maximum atomic E-state index is 13.3. The Morgan fingerprint density at radius 2 is 1.62 bits per heavy atom. The van der Waals surface area contributed by atoms with E-state index >= 15 is 0 Å². The van der Waals surface area contributed by atoms with Crippen LogP contribution in [-0.2, 0) is 11.3 Å². The van der Waals surface area contributed by atoms with Crippen molar-refractivity contribution in [2.75, 3.05) is 13.7 Å². The summed E-state index contributed by atoms with van der Waals surface area (Å²) < 4.78 is 110. The summed E-state index contributed by atoms with van der Waals surface area (Å²) in [5, 5.41) is 23.7. The number of fused-ring (bicyclic) bond motifs is 1. The van der Waals surface area contributed by atoms with Gasteiger partial charge >= 0.3 is 22.4 Å². The lowest BCUT2D eigenvalue weighted by molar-refractivity contribution is -0.192. The molecule has 0 saturated heterocycles. The van der Waals surface area contributed by atoms with E-state index in [9.17, 15) is 37.4 Å². The average molecular weight is 595 g/mol. The van der Waals surface area contributed by atoms with E-state index in [2.05, 4.69) is 14.9 Å². The highest BCUT2D eigenvalue weighted by Gasteiger charge is 2.65. The third-order valence-corrected chi connectivity index (χ3v) is 6.10. The van der Waals surface area contributed by atoms with E-state index in [1.807, 2.05) is 0 Å². The minimum Gasteiger partial charge on any atom is -0.497 e. The van der Waals surface area contributed by atoms with Gasteiger partial charge < -0.3 is 14.6 Å². The molecule has 0 aliphatic rings. The van der Waals surface area contributed by atoms with Crippen molar-refractivity contribution in [1.29, 1.82) is 5.41 Å². The molecule has 0 aliphatic heterocycles. The van der Waals surface area contributed by atoms with E-state index in [-0.39, 0.29) is 29.3 Å². The normalized spacial score (nSPS) is 13.6. The van der Waals surface area contributed by atoms with Crippen LogP contribution < -0.4 is 15.1 Å². The molecule has 2 aromatic heterocycles. The Bertz CT molecular complexity index is 1500. The standard InChI is InChI=1S/C18H20F5N5O3S.C2HF3O2/c1-5-31-17-11(3)10(2)16-25-27(18(24)28(16)26-17)9-15(29)12-6-13(30-4)8-14(7-12)32(19,20,21,22)23;3-2(4,5)1(6)7/h6-8,24H,5,9H2,1-4H3;(H,6,7). The molecule has 3 rings (SSSR count). The smallest absolute Gasteiger partial charge is 0.490 e. The number of alkyl halides is 3. The number of methoxy groups -OCH3 is 1. The predicted octanol–water partition coefficient (Wildman–Crippen LogP) is 5.21. The number of nitrogens with one attached hydrogen (secondary N) is 1. The van der Waals surface area contributed by atoms with Crippen molar-refractivity contribution in [2.24, 2.45) is 0 Å². The van der Waals surface area contributed by atoms with E-state index in [4.69, 9.17) is 20.0 Å². The molecular formula is C20H21F8N5O5S. The van der Waals surface area contributed by atoms with Crippen LogP contribution in [-0.4, -0.2) is 56.1 Å². The molecule has 0 atom stereocenters. The molecule has 0 amide bonds. The van der Waals surface area contributed by atoms with Gasteiger partial charge in [-0.3, -0.25) is 10.2 Å². The van der Waals surface area contributed by atoms with Gasteiger partial charge in [0.1, 0.15) is 17.2 Å². The Labute approximate surface area is 214 Å². The topological polar surface area (TPSA) is 132 Å². The number of halogens is 8. The van der Waals surface area contributed by atoms with Gasteiger partial charge in [-0.1, -0.05) is 19.4 Å². The number of ketones is 1. The Hall–Kier alpha value is -3.90. The van der Waals surface area contributed by atoms with Crippen molar-refractivity contribution < 1.29 is 56.8 Å². The summed E-state index contributed by atoms with van der Waals surface area (Å²) in [6.45, 7) is 4.83. The van der Waals surface area contributed by atoms with Crippen LogP contribution in [0.1, 0.15) is 28.4 Å². The molecule has 10 nitrogen and oxygen atoms in total. The first-order valence-electron chi connectivity index (χ1n) is 10.4. The Kier molecular flexibility index (Phi) is 7.78. The van der Waals surface area contributed by atoms with Gasteiger partial charge in [0.15, 0.2) is 11.4 Å². The van der Waals surface area contributed by atoms with E-state index in [0.29, 0.717) is 17.7 Å². The first-order chi connectivity index (χ1) is 17.5. The summed E-state index contributed by atoms with van der Waals surface area (Å²) in [6, 6.07) is 1.13. The first-order valence-corrected chi connectivity index (χ1v) is 12.4. The predicted molar refractivity (Wildman–Crippen MR) is 120 cm³/mol.